The van der Waals surface area contributed by atoms with Crippen LogP contribution in [0.15, 0.2) is 23.2 Å². The number of imide groups is 1. The van der Waals surface area contributed by atoms with E-state index in [9.17, 15) is 9.59 Å². The molecular weight excluding hydrogens is 495 g/mol. The van der Waals surface area contributed by atoms with Crippen LogP contribution in [0.2, 0.25) is 0 Å². The lowest BCUT2D eigenvalue weighted by Gasteiger charge is -2.25. The monoisotopic (exact) mass is 528 g/mol. The summed E-state index contributed by atoms with van der Waals surface area (Å²) in [6.07, 6.45) is 6.60. The number of hydrogen-bond acceptors (Lipinski definition) is 4. The number of rotatable bonds is 7. The molecule has 1 aromatic carbocycles. The Balaban J connectivity index is 0.00000320. The quantitative estimate of drug-likeness (QED) is 0.246. The predicted molar refractivity (Wildman–Crippen MR) is 128 cm³/mol. The normalized spacial score (nSPS) is 17.7. The molecule has 1 aliphatic heterocycles. The second-order valence-corrected chi connectivity index (χ2v) is 7.78. The summed E-state index contributed by atoms with van der Waals surface area (Å²) in [5, 5.41) is 6.49. The van der Waals surface area contributed by atoms with Crippen LogP contribution in [0.25, 0.3) is 0 Å². The average Bonchev–Trinajstić information content (AvgIpc) is 3.21. The third-order valence-corrected chi connectivity index (χ3v) is 5.50. The molecule has 0 bridgehead atoms. The molecule has 1 aliphatic carbocycles. The van der Waals surface area contributed by atoms with Crippen molar-refractivity contribution in [1.29, 1.82) is 0 Å². The molecule has 0 atom stereocenters. The second kappa shape index (κ2) is 12.1. The van der Waals surface area contributed by atoms with Crippen molar-refractivity contribution in [2.75, 3.05) is 20.1 Å². The van der Waals surface area contributed by atoms with Crippen molar-refractivity contribution in [1.82, 2.24) is 15.5 Å². The third-order valence-electron chi connectivity index (χ3n) is 5.50. The van der Waals surface area contributed by atoms with Crippen molar-refractivity contribution in [2.45, 2.75) is 64.5 Å². The highest BCUT2D eigenvalue weighted by Crippen LogP contribution is 2.27. The maximum Gasteiger partial charge on any atom is 0.229 e. The van der Waals surface area contributed by atoms with Gasteiger partial charge in [0, 0.05) is 45.1 Å². The van der Waals surface area contributed by atoms with Gasteiger partial charge in [-0.3, -0.25) is 19.5 Å². The van der Waals surface area contributed by atoms with Gasteiger partial charge in [0.2, 0.25) is 11.8 Å². The standard InChI is InChI=1S/C22H32N4O3.HI/c1-16-10-11-17(19(14-16)29-18-6-3-4-7-18)15-25-22(23-2)24-12-13-26-20(27)8-5-9-21(26)28;/h10-11,14,18H,3-9,12-13,15H2,1-2H3,(H2,23,24,25);1H. The number of carbonyl (C=O) groups excluding carboxylic acids is 2. The van der Waals surface area contributed by atoms with E-state index in [2.05, 4.69) is 40.7 Å². The molecule has 0 aromatic heterocycles. The van der Waals surface area contributed by atoms with Crippen molar-refractivity contribution in [3.63, 3.8) is 0 Å². The smallest absolute Gasteiger partial charge is 0.229 e. The van der Waals surface area contributed by atoms with Gasteiger partial charge >= 0.3 is 0 Å². The topological polar surface area (TPSA) is 83.0 Å². The molecule has 1 aromatic rings. The van der Waals surface area contributed by atoms with Crippen LogP contribution in [0.3, 0.4) is 0 Å². The highest BCUT2D eigenvalue weighted by molar-refractivity contribution is 14.0. The molecule has 166 valence electrons. The van der Waals surface area contributed by atoms with Gasteiger partial charge in [0.25, 0.3) is 0 Å². The van der Waals surface area contributed by atoms with Gasteiger partial charge in [-0.25, -0.2) is 0 Å². The first-order valence-corrected chi connectivity index (χ1v) is 10.6. The molecule has 3 rings (SSSR count). The molecule has 1 heterocycles. The first kappa shape index (κ1) is 24.4. The number of hydrogen-bond donors (Lipinski definition) is 2. The summed E-state index contributed by atoms with van der Waals surface area (Å²) >= 11 is 0. The van der Waals surface area contributed by atoms with Crippen LogP contribution < -0.4 is 15.4 Å². The first-order chi connectivity index (χ1) is 14.1. The number of ether oxygens (including phenoxy) is 1. The minimum Gasteiger partial charge on any atom is -0.490 e. The number of aryl methyl sites for hydroxylation is 1. The van der Waals surface area contributed by atoms with E-state index in [1.165, 1.54) is 23.3 Å². The summed E-state index contributed by atoms with van der Waals surface area (Å²) in [6.45, 7) is 3.49. The highest BCUT2D eigenvalue weighted by atomic mass is 127. The van der Waals surface area contributed by atoms with Crippen LogP contribution in [0.5, 0.6) is 5.75 Å². The van der Waals surface area contributed by atoms with Crippen LogP contribution in [-0.4, -0.2) is 48.9 Å². The average molecular weight is 528 g/mol. The zero-order chi connectivity index (χ0) is 20.6. The van der Waals surface area contributed by atoms with Gasteiger partial charge in [0.1, 0.15) is 5.75 Å². The number of aliphatic imine (C=N–C) groups is 1. The molecule has 2 N–H and O–H groups in total. The van der Waals surface area contributed by atoms with E-state index in [1.807, 2.05) is 0 Å². The number of carbonyl (C=O) groups is 2. The van der Waals surface area contributed by atoms with Crippen LogP contribution in [0, 0.1) is 6.92 Å². The Morgan fingerprint density at radius 2 is 1.83 bits per heavy atom. The van der Waals surface area contributed by atoms with E-state index >= 15 is 0 Å². The molecule has 2 amide bonds. The largest absolute Gasteiger partial charge is 0.490 e. The number of halogens is 1. The molecule has 0 spiro atoms. The summed E-state index contributed by atoms with van der Waals surface area (Å²) in [5.74, 6) is 1.40. The molecule has 1 saturated carbocycles. The summed E-state index contributed by atoms with van der Waals surface area (Å²) < 4.78 is 6.26. The molecule has 2 fully saturated rings. The van der Waals surface area contributed by atoms with Gasteiger partial charge in [-0.05, 0) is 50.7 Å². The van der Waals surface area contributed by atoms with Gasteiger partial charge in [-0.2, -0.15) is 0 Å². The fourth-order valence-electron chi connectivity index (χ4n) is 3.84. The summed E-state index contributed by atoms with van der Waals surface area (Å²) in [4.78, 5) is 29.4. The number of nitrogens with one attached hydrogen (secondary N) is 2. The van der Waals surface area contributed by atoms with E-state index in [4.69, 9.17) is 4.74 Å². The van der Waals surface area contributed by atoms with Crippen LogP contribution in [-0.2, 0) is 16.1 Å². The molecule has 2 aliphatic rings. The Morgan fingerprint density at radius 3 is 2.50 bits per heavy atom. The Morgan fingerprint density at radius 1 is 1.13 bits per heavy atom. The Bertz CT molecular complexity index is 747. The van der Waals surface area contributed by atoms with E-state index in [0.717, 1.165) is 24.2 Å². The van der Waals surface area contributed by atoms with E-state index in [-0.39, 0.29) is 35.8 Å². The summed E-state index contributed by atoms with van der Waals surface area (Å²) in [5.41, 5.74) is 2.27. The molecule has 0 radical (unpaired) electrons. The van der Waals surface area contributed by atoms with E-state index < -0.39 is 0 Å². The van der Waals surface area contributed by atoms with Gasteiger partial charge in [-0.15, -0.1) is 24.0 Å². The van der Waals surface area contributed by atoms with Crippen LogP contribution in [0.4, 0.5) is 0 Å². The van der Waals surface area contributed by atoms with Crippen LogP contribution in [0.1, 0.15) is 56.1 Å². The molecule has 8 heteroatoms. The number of likely N-dealkylation sites (tertiary alicyclic amines) is 1. The minimum absolute atomic E-state index is 0. The molecule has 1 saturated heterocycles. The Hall–Kier alpha value is -1.84. The maximum absolute atomic E-state index is 11.9. The zero-order valence-electron chi connectivity index (χ0n) is 17.9. The molecular formula is C22H33IN4O3. The number of benzene rings is 1. The Kier molecular flexibility index (Phi) is 9.87. The van der Waals surface area contributed by atoms with Crippen molar-refractivity contribution in [3.8, 4) is 5.75 Å². The molecule has 0 unspecified atom stereocenters. The lowest BCUT2D eigenvalue weighted by atomic mass is 10.1. The van der Waals surface area contributed by atoms with Crippen molar-refractivity contribution in [2.24, 2.45) is 4.99 Å². The van der Waals surface area contributed by atoms with Crippen molar-refractivity contribution in [3.05, 3.63) is 29.3 Å². The zero-order valence-corrected chi connectivity index (χ0v) is 20.2. The molecule has 30 heavy (non-hydrogen) atoms. The number of amides is 2. The van der Waals surface area contributed by atoms with Crippen LogP contribution >= 0.6 is 24.0 Å². The SMILES string of the molecule is CN=C(NCCN1C(=O)CCCC1=O)NCc1ccc(C)cc1OC1CCCC1.I. The lowest BCUT2D eigenvalue weighted by molar-refractivity contribution is -0.147. The highest BCUT2D eigenvalue weighted by Gasteiger charge is 2.25. The summed E-state index contributed by atoms with van der Waals surface area (Å²) in [7, 11) is 1.71. The first-order valence-electron chi connectivity index (χ1n) is 10.6. The predicted octanol–water partition coefficient (Wildman–Crippen LogP) is 3.14. The van der Waals surface area contributed by atoms with Gasteiger partial charge in [0.15, 0.2) is 5.96 Å². The Labute approximate surface area is 196 Å². The van der Waals surface area contributed by atoms with Gasteiger partial charge in [0.05, 0.1) is 6.10 Å². The number of piperidine rings is 1. The number of nitrogens with zero attached hydrogens (tertiary/aromatic N) is 2. The minimum atomic E-state index is -0.0839. The number of guanidine groups is 1. The van der Waals surface area contributed by atoms with Gasteiger partial charge < -0.3 is 15.4 Å². The van der Waals surface area contributed by atoms with Crippen molar-refractivity contribution < 1.29 is 14.3 Å². The lowest BCUT2D eigenvalue weighted by Crippen LogP contribution is -2.46. The summed E-state index contributed by atoms with van der Waals surface area (Å²) in [6, 6.07) is 6.27. The van der Waals surface area contributed by atoms with Gasteiger partial charge in [-0.1, -0.05) is 12.1 Å². The molecule has 7 nitrogen and oxygen atoms in total. The fraction of sp³-hybridized carbons (Fsp3) is 0.591. The van der Waals surface area contributed by atoms with E-state index in [1.54, 1.807) is 7.05 Å². The third kappa shape index (κ3) is 6.85. The second-order valence-electron chi connectivity index (χ2n) is 7.78. The van der Waals surface area contributed by atoms with Crippen molar-refractivity contribution >= 4 is 41.8 Å². The fourth-order valence-corrected chi connectivity index (χ4v) is 3.84. The maximum atomic E-state index is 11.9. The van der Waals surface area contributed by atoms with E-state index in [0.29, 0.717) is 51.0 Å².